The van der Waals surface area contributed by atoms with E-state index in [2.05, 4.69) is 5.32 Å². The van der Waals surface area contributed by atoms with E-state index >= 15 is 0 Å². The topological polar surface area (TPSA) is 81.7 Å². The van der Waals surface area contributed by atoms with Crippen molar-refractivity contribution in [2.24, 2.45) is 0 Å². The zero-order chi connectivity index (χ0) is 20.0. The monoisotopic (exact) mass is 373 g/mol. The number of esters is 1. The van der Waals surface area contributed by atoms with Crippen molar-refractivity contribution in [3.8, 4) is 5.75 Å². The van der Waals surface area contributed by atoms with Gasteiger partial charge in [-0.1, -0.05) is 17.7 Å². The number of aryl methyl sites for hydroxylation is 2. The fourth-order valence-electron chi connectivity index (χ4n) is 2.39. The maximum atomic E-state index is 14.0. The summed E-state index contributed by atoms with van der Waals surface area (Å²) < 4.78 is 24.2. The molecular formula is C20H20FNO5. The molecule has 0 aliphatic carbocycles. The average molecular weight is 373 g/mol. The zero-order valence-electron chi connectivity index (χ0n) is 15.3. The van der Waals surface area contributed by atoms with E-state index in [9.17, 15) is 18.8 Å². The van der Waals surface area contributed by atoms with Gasteiger partial charge in [-0.3, -0.25) is 9.59 Å². The zero-order valence-corrected chi connectivity index (χ0v) is 15.3. The first-order valence-corrected chi connectivity index (χ1v) is 8.22. The molecule has 6 nitrogen and oxygen atoms in total. The standard InChI is InChI=1S/C20H20FNO5/c1-12-4-7-19(13(2)8-12)26-11-20(25)27-10-18(24)16-6-5-15(9-17(16)21)22-14(3)23/h4-9H,10-11H2,1-3H3,(H,22,23). The number of rotatable bonds is 7. The number of ether oxygens (including phenoxy) is 2. The quantitative estimate of drug-likeness (QED) is 0.595. The molecular weight excluding hydrogens is 353 g/mol. The van der Waals surface area contributed by atoms with E-state index < -0.39 is 24.2 Å². The molecule has 0 saturated heterocycles. The Morgan fingerprint density at radius 3 is 2.41 bits per heavy atom. The van der Waals surface area contributed by atoms with Gasteiger partial charge in [0.1, 0.15) is 11.6 Å². The van der Waals surface area contributed by atoms with Crippen LogP contribution in [0.25, 0.3) is 0 Å². The minimum Gasteiger partial charge on any atom is -0.482 e. The SMILES string of the molecule is CC(=O)Nc1ccc(C(=O)COC(=O)COc2ccc(C)cc2C)c(F)c1. The highest BCUT2D eigenvalue weighted by Gasteiger charge is 2.15. The second-order valence-corrected chi connectivity index (χ2v) is 6.02. The second-order valence-electron chi connectivity index (χ2n) is 6.02. The molecule has 7 heteroatoms. The third kappa shape index (κ3) is 5.91. The van der Waals surface area contributed by atoms with E-state index in [1.165, 1.54) is 19.1 Å². The van der Waals surface area contributed by atoms with Crippen molar-refractivity contribution in [3.05, 3.63) is 58.9 Å². The lowest BCUT2D eigenvalue weighted by atomic mass is 10.1. The Morgan fingerprint density at radius 2 is 1.78 bits per heavy atom. The molecule has 2 rings (SSSR count). The lowest BCUT2D eigenvalue weighted by Gasteiger charge is -2.10. The van der Waals surface area contributed by atoms with Gasteiger partial charge < -0.3 is 14.8 Å². The summed E-state index contributed by atoms with van der Waals surface area (Å²) in [4.78, 5) is 34.7. The summed E-state index contributed by atoms with van der Waals surface area (Å²) in [5.74, 6) is -2.05. The normalized spacial score (nSPS) is 10.2. The van der Waals surface area contributed by atoms with Crippen LogP contribution in [0.3, 0.4) is 0 Å². The van der Waals surface area contributed by atoms with Gasteiger partial charge in [0.2, 0.25) is 11.7 Å². The molecule has 0 radical (unpaired) electrons. The van der Waals surface area contributed by atoms with Gasteiger partial charge in [0, 0.05) is 12.6 Å². The summed E-state index contributed by atoms with van der Waals surface area (Å²) >= 11 is 0. The van der Waals surface area contributed by atoms with E-state index in [-0.39, 0.29) is 23.8 Å². The number of nitrogens with one attached hydrogen (secondary N) is 1. The highest BCUT2D eigenvalue weighted by Crippen LogP contribution is 2.19. The minimum absolute atomic E-state index is 0.229. The van der Waals surface area contributed by atoms with Crippen LogP contribution in [0.5, 0.6) is 5.75 Å². The van der Waals surface area contributed by atoms with Crippen LogP contribution in [-0.4, -0.2) is 30.9 Å². The summed E-state index contributed by atoms with van der Waals surface area (Å²) in [7, 11) is 0. The van der Waals surface area contributed by atoms with Gasteiger partial charge in [0.15, 0.2) is 13.2 Å². The van der Waals surface area contributed by atoms with Gasteiger partial charge in [0.25, 0.3) is 0 Å². The van der Waals surface area contributed by atoms with E-state index in [0.717, 1.165) is 17.2 Å². The van der Waals surface area contributed by atoms with Crippen LogP contribution >= 0.6 is 0 Å². The molecule has 0 aliphatic heterocycles. The molecule has 0 fully saturated rings. The van der Waals surface area contributed by atoms with Gasteiger partial charge in [-0.2, -0.15) is 0 Å². The second kappa shape index (κ2) is 8.93. The van der Waals surface area contributed by atoms with Crippen LogP contribution in [0.2, 0.25) is 0 Å². The number of hydrogen-bond acceptors (Lipinski definition) is 5. The fourth-order valence-corrected chi connectivity index (χ4v) is 2.39. The first-order valence-electron chi connectivity index (χ1n) is 8.22. The number of Topliss-reactive ketones (excluding diaryl/α,β-unsaturated/α-hetero) is 1. The van der Waals surface area contributed by atoms with Gasteiger partial charge in [-0.05, 0) is 43.7 Å². The van der Waals surface area contributed by atoms with Gasteiger partial charge in [-0.15, -0.1) is 0 Å². The highest BCUT2D eigenvalue weighted by atomic mass is 19.1. The predicted octanol–water partition coefficient (Wildman–Crippen LogP) is 3.21. The molecule has 0 bridgehead atoms. The Hall–Kier alpha value is -3.22. The first kappa shape index (κ1) is 20.1. The van der Waals surface area contributed by atoms with Gasteiger partial charge in [0.05, 0.1) is 5.56 Å². The lowest BCUT2D eigenvalue weighted by Crippen LogP contribution is -2.20. The summed E-state index contributed by atoms with van der Waals surface area (Å²) in [6.07, 6.45) is 0. The number of benzene rings is 2. The highest BCUT2D eigenvalue weighted by molar-refractivity contribution is 5.99. The number of anilines is 1. The molecule has 1 N–H and O–H groups in total. The lowest BCUT2D eigenvalue weighted by molar-refractivity contribution is -0.144. The molecule has 2 aromatic carbocycles. The first-order chi connectivity index (χ1) is 12.8. The number of carbonyl (C=O) groups excluding carboxylic acids is 3. The van der Waals surface area contributed by atoms with Crippen molar-refractivity contribution in [2.45, 2.75) is 20.8 Å². The summed E-state index contributed by atoms with van der Waals surface area (Å²) in [5.41, 5.74) is 1.95. The van der Waals surface area contributed by atoms with Gasteiger partial charge >= 0.3 is 5.97 Å². The Balaban J connectivity index is 1.87. The van der Waals surface area contributed by atoms with Crippen LogP contribution in [0, 0.1) is 19.7 Å². The van der Waals surface area contributed by atoms with E-state index in [1.54, 1.807) is 6.07 Å². The summed E-state index contributed by atoms with van der Waals surface area (Å²) in [6.45, 7) is 4.12. The fraction of sp³-hybridized carbons (Fsp3) is 0.250. The molecule has 0 unspecified atom stereocenters. The molecule has 2 aromatic rings. The van der Waals surface area contributed by atoms with Crippen LogP contribution in [0.15, 0.2) is 36.4 Å². The van der Waals surface area contributed by atoms with Crippen LogP contribution in [-0.2, 0) is 14.3 Å². The largest absolute Gasteiger partial charge is 0.482 e. The molecule has 0 saturated carbocycles. The number of ketones is 1. The van der Waals surface area contributed by atoms with E-state index in [4.69, 9.17) is 9.47 Å². The Morgan fingerprint density at radius 1 is 1.04 bits per heavy atom. The number of carbonyl (C=O) groups is 3. The van der Waals surface area contributed by atoms with Gasteiger partial charge in [-0.25, -0.2) is 9.18 Å². The van der Waals surface area contributed by atoms with Crippen molar-refractivity contribution in [1.82, 2.24) is 0 Å². The molecule has 0 aliphatic rings. The maximum Gasteiger partial charge on any atom is 0.344 e. The van der Waals surface area contributed by atoms with Crippen molar-refractivity contribution in [2.75, 3.05) is 18.5 Å². The Bertz CT molecular complexity index is 879. The molecule has 0 heterocycles. The number of amides is 1. The Labute approximate surface area is 156 Å². The summed E-state index contributed by atoms with van der Waals surface area (Å²) in [5, 5.41) is 2.41. The molecule has 142 valence electrons. The van der Waals surface area contributed by atoms with Crippen LogP contribution in [0.4, 0.5) is 10.1 Å². The van der Waals surface area contributed by atoms with Crippen LogP contribution < -0.4 is 10.1 Å². The third-order valence-corrected chi connectivity index (χ3v) is 3.63. The maximum absolute atomic E-state index is 14.0. The van der Waals surface area contributed by atoms with Crippen molar-refractivity contribution in [3.63, 3.8) is 0 Å². The summed E-state index contributed by atoms with van der Waals surface area (Å²) in [6, 6.07) is 9.16. The molecule has 1 amide bonds. The number of hydrogen-bond donors (Lipinski definition) is 1. The van der Waals surface area contributed by atoms with Crippen molar-refractivity contribution >= 4 is 23.3 Å². The van der Waals surface area contributed by atoms with Crippen molar-refractivity contribution < 1.29 is 28.2 Å². The van der Waals surface area contributed by atoms with E-state index in [0.29, 0.717) is 5.75 Å². The Kier molecular flexibility index (Phi) is 6.65. The average Bonchev–Trinajstić information content (AvgIpc) is 2.58. The number of halogens is 1. The van der Waals surface area contributed by atoms with Crippen LogP contribution in [0.1, 0.15) is 28.4 Å². The van der Waals surface area contributed by atoms with E-state index in [1.807, 2.05) is 26.0 Å². The molecule has 0 atom stereocenters. The third-order valence-electron chi connectivity index (χ3n) is 3.63. The molecule has 27 heavy (non-hydrogen) atoms. The predicted molar refractivity (Wildman–Crippen MR) is 97.4 cm³/mol. The molecule has 0 spiro atoms. The minimum atomic E-state index is -0.811. The van der Waals surface area contributed by atoms with Crippen molar-refractivity contribution in [1.29, 1.82) is 0 Å². The smallest absolute Gasteiger partial charge is 0.344 e. The molecule has 0 aromatic heterocycles.